The highest BCUT2D eigenvalue weighted by molar-refractivity contribution is 5.81. The number of hydrogen-bond donors (Lipinski definition) is 0. The van der Waals surface area contributed by atoms with Gasteiger partial charge in [0, 0.05) is 11.5 Å². The molecule has 0 aromatic heterocycles. The minimum absolute atomic E-state index is 0.169. The molecule has 0 unspecified atom stereocenters. The number of rotatable bonds is 8. The van der Waals surface area contributed by atoms with Gasteiger partial charge >= 0.3 is 5.97 Å². The maximum absolute atomic E-state index is 11.0. The predicted octanol–water partition coefficient (Wildman–Crippen LogP) is 2.79. The van der Waals surface area contributed by atoms with Gasteiger partial charge in [0.05, 0.1) is 13.2 Å². The molecule has 0 saturated carbocycles. The van der Waals surface area contributed by atoms with Crippen LogP contribution < -0.4 is 4.74 Å². The third-order valence-corrected chi connectivity index (χ3v) is 2.32. The molecular weight excluding hydrogens is 244 g/mol. The standard InChI is InChI=1S/C15H20O4/c1-4-14(16)18-11-15(2,3)10-17-12-19-13-8-6-5-7-9-13/h4-9H,1,10-12H2,2-3H3. The van der Waals surface area contributed by atoms with Gasteiger partial charge in [-0.1, -0.05) is 38.6 Å². The molecule has 104 valence electrons. The quantitative estimate of drug-likeness (QED) is 0.313. The summed E-state index contributed by atoms with van der Waals surface area (Å²) < 4.78 is 15.8. The monoisotopic (exact) mass is 264 g/mol. The van der Waals surface area contributed by atoms with Crippen LogP contribution in [-0.2, 0) is 14.3 Å². The highest BCUT2D eigenvalue weighted by Gasteiger charge is 2.20. The van der Waals surface area contributed by atoms with Gasteiger partial charge in [-0.05, 0) is 12.1 Å². The third kappa shape index (κ3) is 6.62. The number of esters is 1. The van der Waals surface area contributed by atoms with Gasteiger partial charge in [-0.15, -0.1) is 0 Å². The number of carbonyl (C=O) groups is 1. The average molecular weight is 264 g/mol. The van der Waals surface area contributed by atoms with Crippen LogP contribution in [0.15, 0.2) is 43.0 Å². The topological polar surface area (TPSA) is 44.8 Å². The van der Waals surface area contributed by atoms with Crippen molar-refractivity contribution in [2.75, 3.05) is 20.0 Å². The Morgan fingerprint density at radius 1 is 1.26 bits per heavy atom. The van der Waals surface area contributed by atoms with Crippen molar-refractivity contribution in [3.8, 4) is 5.75 Å². The second-order valence-electron chi connectivity index (χ2n) is 4.90. The van der Waals surface area contributed by atoms with E-state index in [1.807, 2.05) is 44.2 Å². The zero-order chi connectivity index (χ0) is 14.1. The van der Waals surface area contributed by atoms with Crippen molar-refractivity contribution in [1.82, 2.24) is 0 Å². The fourth-order valence-electron chi connectivity index (χ4n) is 1.31. The predicted molar refractivity (Wildman–Crippen MR) is 72.8 cm³/mol. The molecule has 1 rings (SSSR count). The van der Waals surface area contributed by atoms with Crippen LogP contribution in [-0.4, -0.2) is 26.0 Å². The van der Waals surface area contributed by atoms with Crippen LogP contribution in [0, 0.1) is 5.41 Å². The highest BCUT2D eigenvalue weighted by Crippen LogP contribution is 2.16. The van der Waals surface area contributed by atoms with Crippen LogP contribution in [0.2, 0.25) is 0 Å². The van der Waals surface area contributed by atoms with E-state index in [0.717, 1.165) is 11.8 Å². The SMILES string of the molecule is C=CC(=O)OCC(C)(C)COCOc1ccccc1. The molecule has 0 atom stereocenters. The van der Waals surface area contributed by atoms with Crippen LogP contribution in [0.3, 0.4) is 0 Å². The van der Waals surface area contributed by atoms with Crippen molar-refractivity contribution < 1.29 is 19.0 Å². The Labute approximate surface area is 114 Å². The Morgan fingerprint density at radius 3 is 2.58 bits per heavy atom. The van der Waals surface area contributed by atoms with Crippen LogP contribution in [0.25, 0.3) is 0 Å². The normalized spacial score (nSPS) is 10.8. The van der Waals surface area contributed by atoms with Gasteiger partial charge in [0.1, 0.15) is 5.75 Å². The van der Waals surface area contributed by atoms with E-state index in [2.05, 4.69) is 6.58 Å². The van der Waals surface area contributed by atoms with Crippen LogP contribution in [0.5, 0.6) is 5.75 Å². The van der Waals surface area contributed by atoms with E-state index in [9.17, 15) is 4.79 Å². The lowest BCUT2D eigenvalue weighted by Gasteiger charge is -2.23. The fraction of sp³-hybridized carbons (Fsp3) is 0.400. The van der Waals surface area contributed by atoms with Crippen LogP contribution in [0.1, 0.15) is 13.8 Å². The second-order valence-corrected chi connectivity index (χ2v) is 4.90. The molecule has 0 aliphatic rings. The van der Waals surface area contributed by atoms with Gasteiger partial charge in [0.15, 0.2) is 6.79 Å². The molecule has 4 heteroatoms. The molecule has 1 aromatic carbocycles. The molecule has 0 bridgehead atoms. The van der Waals surface area contributed by atoms with Crippen molar-refractivity contribution in [3.63, 3.8) is 0 Å². The smallest absolute Gasteiger partial charge is 0.330 e. The van der Waals surface area contributed by atoms with Crippen molar-refractivity contribution in [2.45, 2.75) is 13.8 Å². The first-order valence-electron chi connectivity index (χ1n) is 6.08. The van der Waals surface area contributed by atoms with Crippen molar-refractivity contribution in [1.29, 1.82) is 0 Å². The first kappa shape index (κ1) is 15.2. The third-order valence-electron chi connectivity index (χ3n) is 2.32. The Balaban J connectivity index is 2.20. The lowest BCUT2D eigenvalue weighted by Crippen LogP contribution is -2.27. The zero-order valence-electron chi connectivity index (χ0n) is 11.4. The summed E-state index contributed by atoms with van der Waals surface area (Å²) >= 11 is 0. The molecule has 1 aromatic rings. The van der Waals surface area contributed by atoms with Gasteiger partial charge in [-0.3, -0.25) is 0 Å². The molecule has 0 aliphatic carbocycles. The van der Waals surface area contributed by atoms with Crippen molar-refractivity contribution in [2.24, 2.45) is 5.41 Å². The van der Waals surface area contributed by atoms with E-state index in [-0.39, 0.29) is 18.8 Å². The molecule has 4 nitrogen and oxygen atoms in total. The summed E-state index contributed by atoms with van der Waals surface area (Å²) in [6.45, 7) is 8.13. The first-order chi connectivity index (χ1) is 9.03. The maximum atomic E-state index is 11.0. The minimum Gasteiger partial charge on any atom is -0.468 e. The van der Waals surface area contributed by atoms with Gasteiger partial charge in [0.2, 0.25) is 0 Å². The molecular formula is C15H20O4. The summed E-state index contributed by atoms with van der Waals surface area (Å²) in [7, 11) is 0. The fourth-order valence-corrected chi connectivity index (χ4v) is 1.31. The Kier molecular flexibility index (Phi) is 6.09. The largest absolute Gasteiger partial charge is 0.468 e. The van der Waals surface area contributed by atoms with Gasteiger partial charge in [-0.2, -0.15) is 0 Å². The molecule has 0 saturated heterocycles. The van der Waals surface area contributed by atoms with E-state index in [1.54, 1.807) is 0 Å². The Hall–Kier alpha value is -1.81. The molecule has 0 fully saturated rings. The lowest BCUT2D eigenvalue weighted by atomic mass is 9.96. The van der Waals surface area contributed by atoms with Crippen LogP contribution in [0.4, 0.5) is 0 Å². The molecule has 0 heterocycles. The maximum Gasteiger partial charge on any atom is 0.330 e. The molecule has 0 N–H and O–H groups in total. The van der Waals surface area contributed by atoms with Gasteiger partial charge in [-0.25, -0.2) is 4.79 Å². The summed E-state index contributed by atoms with van der Waals surface area (Å²) in [6, 6.07) is 9.44. The van der Waals surface area contributed by atoms with Gasteiger partial charge in [0.25, 0.3) is 0 Å². The van der Waals surface area contributed by atoms with E-state index < -0.39 is 5.97 Å². The zero-order valence-corrected chi connectivity index (χ0v) is 11.4. The summed E-state index contributed by atoms with van der Waals surface area (Å²) in [5.74, 6) is 0.340. The van der Waals surface area contributed by atoms with E-state index in [0.29, 0.717) is 6.61 Å². The molecule has 0 radical (unpaired) electrons. The highest BCUT2D eigenvalue weighted by atomic mass is 16.7. The van der Waals surface area contributed by atoms with E-state index in [1.165, 1.54) is 0 Å². The summed E-state index contributed by atoms with van der Waals surface area (Å²) in [6.07, 6.45) is 1.15. The molecule has 0 spiro atoms. The second kappa shape index (κ2) is 7.59. The summed E-state index contributed by atoms with van der Waals surface area (Å²) in [4.78, 5) is 11.0. The van der Waals surface area contributed by atoms with E-state index >= 15 is 0 Å². The molecule has 0 amide bonds. The van der Waals surface area contributed by atoms with Crippen molar-refractivity contribution >= 4 is 5.97 Å². The summed E-state index contributed by atoms with van der Waals surface area (Å²) in [5, 5.41) is 0. The number of benzene rings is 1. The Morgan fingerprint density at radius 2 is 1.95 bits per heavy atom. The number of ether oxygens (including phenoxy) is 3. The number of carbonyl (C=O) groups excluding carboxylic acids is 1. The Bertz CT molecular complexity index is 398. The number of para-hydroxylation sites is 1. The van der Waals surface area contributed by atoms with Crippen molar-refractivity contribution in [3.05, 3.63) is 43.0 Å². The molecule has 19 heavy (non-hydrogen) atoms. The van der Waals surface area contributed by atoms with E-state index in [4.69, 9.17) is 14.2 Å². The lowest BCUT2D eigenvalue weighted by molar-refractivity contribution is -0.142. The van der Waals surface area contributed by atoms with Crippen LogP contribution >= 0.6 is 0 Å². The summed E-state index contributed by atoms with van der Waals surface area (Å²) in [5.41, 5.74) is -0.265. The minimum atomic E-state index is -0.423. The molecule has 0 aliphatic heterocycles. The average Bonchev–Trinajstić information content (AvgIpc) is 2.42. The number of hydrogen-bond acceptors (Lipinski definition) is 4. The first-order valence-corrected chi connectivity index (χ1v) is 6.08. The van der Waals surface area contributed by atoms with Gasteiger partial charge < -0.3 is 14.2 Å².